The molecule has 2 saturated carbocycles. The van der Waals surface area contributed by atoms with Crippen LogP contribution < -0.4 is 11.1 Å². The minimum atomic E-state index is -0.0932. The number of carbonyl (C=O) groups excluding carboxylic acids is 1. The third kappa shape index (κ3) is 3.80. The van der Waals surface area contributed by atoms with Crippen molar-refractivity contribution in [3.63, 3.8) is 0 Å². The van der Waals surface area contributed by atoms with Crippen LogP contribution in [0.4, 0.5) is 0 Å². The maximum absolute atomic E-state index is 13.6. The third-order valence-corrected chi connectivity index (χ3v) is 13.5. The summed E-state index contributed by atoms with van der Waals surface area (Å²) in [6.07, 6.45) is 9.82. The lowest BCUT2D eigenvalue weighted by molar-refractivity contribution is -0.120. The van der Waals surface area contributed by atoms with E-state index >= 15 is 0 Å². The first kappa shape index (κ1) is 24.9. The van der Waals surface area contributed by atoms with Gasteiger partial charge < -0.3 is 11.1 Å². The van der Waals surface area contributed by atoms with E-state index in [0.717, 1.165) is 56.1 Å². The van der Waals surface area contributed by atoms with Gasteiger partial charge in [0.2, 0.25) is 0 Å². The summed E-state index contributed by atoms with van der Waals surface area (Å²) in [5.74, 6) is 5.01. The summed E-state index contributed by atoms with van der Waals surface area (Å²) in [4.78, 5) is 18.2. The summed E-state index contributed by atoms with van der Waals surface area (Å²) < 4.78 is 0. The highest BCUT2D eigenvalue weighted by Gasteiger charge is 2.67. The van der Waals surface area contributed by atoms with Gasteiger partial charge in [-0.3, -0.25) is 9.79 Å². The van der Waals surface area contributed by atoms with Crippen molar-refractivity contribution in [2.75, 3.05) is 18.1 Å². The van der Waals surface area contributed by atoms with Crippen molar-refractivity contribution in [1.29, 1.82) is 0 Å². The second-order valence-corrected chi connectivity index (χ2v) is 15.0. The standard InChI is InChI=1S/C30H41N3OS2/c1-20-10-11-22-16-25-24-9-6-12-29(19-36-35-14-13-28(22,2)30(20,25)17-26(24)34)23(18-32-27(31)33-29)15-21-7-4-3-5-8-21/h3-5,7-8,20,22-23H,6,9-19H2,1-2H3,(H3,31,32,33). The molecule has 4 nitrogen and oxygen atoms in total. The number of Topliss-reactive ketones (excluding diaryl/α,β-unsaturated/α-hetero) is 1. The lowest BCUT2D eigenvalue weighted by atomic mass is 9.51. The normalized spacial score (nSPS) is 40.8. The predicted octanol–water partition coefficient (Wildman–Crippen LogP) is 6.17. The molecule has 6 heteroatoms. The minimum absolute atomic E-state index is 0.0932. The van der Waals surface area contributed by atoms with E-state index in [0.29, 0.717) is 23.6 Å². The van der Waals surface area contributed by atoms with E-state index in [-0.39, 0.29) is 16.4 Å². The number of nitrogens with two attached hydrogens (primary N) is 1. The van der Waals surface area contributed by atoms with Crippen LogP contribution >= 0.6 is 21.6 Å². The fourth-order valence-electron chi connectivity index (χ4n) is 8.93. The molecular weight excluding hydrogens is 482 g/mol. The van der Waals surface area contributed by atoms with Gasteiger partial charge in [0.05, 0.1) is 5.54 Å². The van der Waals surface area contributed by atoms with Gasteiger partial charge in [-0.1, -0.05) is 71.3 Å². The Morgan fingerprint density at radius 3 is 2.83 bits per heavy atom. The van der Waals surface area contributed by atoms with Crippen LogP contribution in [0.1, 0.15) is 70.8 Å². The van der Waals surface area contributed by atoms with E-state index in [4.69, 9.17) is 5.73 Å². The number of nitrogens with one attached hydrogen (secondary N) is 1. The van der Waals surface area contributed by atoms with Gasteiger partial charge in [0.1, 0.15) is 0 Å². The molecule has 1 aromatic rings. The first-order chi connectivity index (χ1) is 17.4. The van der Waals surface area contributed by atoms with Crippen LogP contribution in [0.2, 0.25) is 0 Å². The minimum Gasteiger partial charge on any atom is -0.370 e. The number of allylic oxidation sites excluding steroid dienone is 2. The molecule has 0 aromatic heterocycles. The van der Waals surface area contributed by atoms with Crippen molar-refractivity contribution >= 4 is 33.3 Å². The van der Waals surface area contributed by atoms with Crippen molar-refractivity contribution in [3.8, 4) is 0 Å². The van der Waals surface area contributed by atoms with Gasteiger partial charge in [0.15, 0.2) is 11.7 Å². The maximum atomic E-state index is 13.6. The average Bonchev–Trinajstić information content (AvgIpc) is 3.21. The predicted molar refractivity (Wildman–Crippen MR) is 153 cm³/mol. The Morgan fingerprint density at radius 1 is 1.17 bits per heavy atom. The van der Waals surface area contributed by atoms with E-state index in [2.05, 4.69) is 54.5 Å². The van der Waals surface area contributed by atoms with E-state index < -0.39 is 0 Å². The molecule has 3 N–H and O–H groups in total. The molecule has 6 atom stereocenters. The molecule has 5 aliphatic rings. The van der Waals surface area contributed by atoms with Crippen molar-refractivity contribution < 1.29 is 4.79 Å². The van der Waals surface area contributed by atoms with Gasteiger partial charge in [0, 0.05) is 35.8 Å². The second-order valence-electron chi connectivity index (χ2n) is 12.4. The van der Waals surface area contributed by atoms with Crippen molar-refractivity contribution in [3.05, 3.63) is 47.0 Å². The number of guanidine groups is 1. The fourth-order valence-corrected chi connectivity index (χ4v) is 11.8. The van der Waals surface area contributed by atoms with Crippen LogP contribution in [0.25, 0.3) is 0 Å². The molecular formula is C30H41N3OS2. The van der Waals surface area contributed by atoms with E-state index in [1.807, 2.05) is 21.6 Å². The van der Waals surface area contributed by atoms with Gasteiger partial charge in [-0.25, -0.2) is 0 Å². The second kappa shape index (κ2) is 9.41. The summed E-state index contributed by atoms with van der Waals surface area (Å²) in [5.41, 5.74) is 10.8. The zero-order chi connectivity index (χ0) is 25.0. The zero-order valence-corrected chi connectivity index (χ0v) is 23.5. The van der Waals surface area contributed by atoms with E-state index in [9.17, 15) is 4.79 Å². The number of hydrogen-bond acceptors (Lipinski definition) is 6. The Balaban J connectivity index is 1.32. The molecule has 194 valence electrons. The summed E-state index contributed by atoms with van der Waals surface area (Å²) in [5, 5.41) is 3.70. The van der Waals surface area contributed by atoms with Crippen LogP contribution in [0, 0.1) is 28.6 Å². The summed E-state index contributed by atoms with van der Waals surface area (Å²) in [7, 11) is 4.08. The number of ketones is 1. The molecule has 36 heavy (non-hydrogen) atoms. The molecule has 2 fully saturated rings. The molecule has 0 amide bonds. The van der Waals surface area contributed by atoms with Crippen molar-refractivity contribution in [1.82, 2.24) is 5.32 Å². The van der Waals surface area contributed by atoms with Crippen molar-refractivity contribution in [2.24, 2.45) is 39.3 Å². The van der Waals surface area contributed by atoms with Crippen LogP contribution in [-0.2, 0) is 11.2 Å². The first-order valence-electron chi connectivity index (χ1n) is 14.0. The smallest absolute Gasteiger partial charge is 0.189 e. The van der Waals surface area contributed by atoms with E-state index in [1.165, 1.54) is 36.8 Å². The monoisotopic (exact) mass is 523 g/mol. The molecule has 0 radical (unpaired) electrons. The van der Waals surface area contributed by atoms with Crippen molar-refractivity contribution in [2.45, 2.75) is 77.2 Å². The first-order valence-corrected chi connectivity index (χ1v) is 16.5. The van der Waals surface area contributed by atoms with E-state index in [1.54, 1.807) is 5.57 Å². The van der Waals surface area contributed by atoms with Gasteiger partial charge >= 0.3 is 0 Å². The fraction of sp³-hybridized carbons (Fsp3) is 0.667. The lowest BCUT2D eigenvalue weighted by Gasteiger charge is -2.53. The Morgan fingerprint density at radius 2 is 2.00 bits per heavy atom. The van der Waals surface area contributed by atoms with Gasteiger partial charge in [-0.15, -0.1) is 0 Å². The molecule has 2 spiro atoms. The third-order valence-electron chi connectivity index (χ3n) is 11.0. The number of benzene rings is 1. The molecule has 3 aliphatic carbocycles. The quantitative estimate of drug-likeness (QED) is 0.454. The number of aliphatic imine (C=N–C) groups is 1. The highest BCUT2D eigenvalue weighted by atomic mass is 33.1. The average molecular weight is 524 g/mol. The number of hydrogen-bond donors (Lipinski definition) is 2. The zero-order valence-electron chi connectivity index (χ0n) is 21.9. The molecule has 6 rings (SSSR count). The Labute approximate surface area is 224 Å². The summed E-state index contributed by atoms with van der Waals surface area (Å²) >= 11 is 0. The maximum Gasteiger partial charge on any atom is 0.189 e. The van der Waals surface area contributed by atoms with Crippen LogP contribution in [-0.4, -0.2) is 35.3 Å². The number of carbonyl (C=O) groups is 1. The molecule has 2 heterocycles. The van der Waals surface area contributed by atoms with Crippen LogP contribution in [0.5, 0.6) is 0 Å². The lowest BCUT2D eigenvalue weighted by Crippen LogP contribution is -2.61. The Kier molecular flexibility index (Phi) is 6.51. The summed E-state index contributed by atoms with van der Waals surface area (Å²) in [6.45, 7) is 5.78. The van der Waals surface area contributed by atoms with Gasteiger partial charge in [-0.05, 0) is 79.8 Å². The molecule has 2 aliphatic heterocycles. The van der Waals surface area contributed by atoms with Gasteiger partial charge in [0.25, 0.3) is 0 Å². The Hall–Kier alpha value is -1.40. The summed E-state index contributed by atoms with van der Waals surface area (Å²) in [6, 6.07) is 10.8. The molecule has 6 unspecified atom stereocenters. The molecule has 0 saturated heterocycles. The molecule has 5 bridgehead atoms. The van der Waals surface area contributed by atoms with Crippen LogP contribution in [0.3, 0.4) is 0 Å². The topological polar surface area (TPSA) is 67.5 Å². The number of nitrogens with zero attached hydrogens (tertiary/aromatic N) is 1. The largest absolute Gasteiger partial charge is 0.370 e. The SMILES string of the molecule is CC1CCC2CC3=C4CCCC5(CSSCCC2(C)C31CC4=O)NC(N)=NCC5Cc1ccccc1. The van der Waals surface area contributed by atoms with Gasteiger partial charge in [-0.2, -0.15) is 0 Å². The molecule has 1 aromatic carbocycles. The highest BCUT2D eigenvalue weighted by Crippen LogP contribution is 2.73. The highest BCUT2D eigenvalue weighted by molar-refractivity contribution is 8.76. The number of rotatable bonds is 2. The van der Waals surface area contributed by atoms with Crippen LogP contribution in [0.15, 0.2) is 46.5 Å². The Bertz CT molecular complexity index is 1090.